The average molecular weight is 487 g/mol. The Bertz CT molecular complexity index is 1330. The summed E-state index contributed by atoms with van der Waals surface area (Å²) in [7, 11) is 3.05. The molecule has 1 heterocycles. The number of ether oxygens (including phenoxy) is 2. The summed E-state index contributed by atoms with van der Waals surface area (Å²) in [5.41, 5.74) is 1.34. The Balaban J connectivity index is 1.85. The second kappa shape index (κ2) is 11.1. The van der Waals surface area contributed by atoms with Gasteiger partial charge in [-0.3, -0.25) is 19.5 Å². The maximum atomic E-state index is 13.8. The van der Waals surface area contributed by atoms with E-state index >= 15 is 0 Å². The molecule has 8 nitrogen and oxygen atoms in total. The molecule has 2 amide bonds. The van der Waals surface area contributed by atoms with Crippen molar-refractivity contribution in [2.24, 2.45) is 0 Å². The molecule has 0 unspecified atom stereocenters. The quantitative estimate of drug-likeness (QED) is 0.389. The molecule has 0 aliphatic heterocycles. The Labute approximate surface area is 207 Å². The number of amides is 2. The second-order valence-electron chi connectivity index (χ2n) is 7.64. The molecule has 0 bridgehead atoms. The highest BCUT2D eigenvalue weighted by Gasteiger charge is 2.34. The first kappa shape index (κ1) is 24.3. The van der Waals surface area contributed by atoms with E-state index in [1.165, 1.54) is 62.0 Å². The van der Waals surface area contributed by atoms with E-state index in [9.17, 15) is 14.0 Å². The van der Waals surface area contributed by atoms with Gasteiger partial charge in [-0.1, -0.05) is 12.1 Å². The van der Waals surface area contributed by atoms with Crippen molar-refractivity contribution in [3.05, 3.63) is 108 Å². The number of hydrogen-bond acceptors (Lipinski definition) is 6. The molecule has 3 aromatic carbocycles. The topological polar surface area (TPSA) is 93.7 Å². The molecule has 1 N–H and O–H groups in total. The van der Waals surface area contributed by atoms with Crippen molar-refractivity contribution in [1.82, 2.24) is 9.97 Å². The van der Waals surface area contributed by atoms with Gasteiger partial charge in [0.25, 0.3) is 11.8 Å². The Hall–Kier alpha value is -4.79. The summed E-state index contributed by atoms with van der Waals surface area (Å²) >= 11 is 0. The highest BCUT2D eigenvalue weighted by Crippen LogP contribution is 2.33. The van der Waals surface area contributed by atoms with E-state index in [0.717, 1.165) is 0 Å². The van der Waals surface area contributed by atoms with Gasteiger partial charge in [0.15, 0.2) is 0 Å². The van der Waals surface area contributed by atoms with Crippen molar-refractivity contribution in [1.29, 1.82) is 0 Å². The van der Waals surface area contributed by atoms with Crippen molar-refractivity contribution in [3.8, 4) is 11.5 Å². The number of carbonyl (C=O) groups is 2. The Morgan fingerprint density at radius 3 is 2.28 bits per heavy atom. The fourth-order valence-electron chi connectivity index (χ4n) is 3.63. The van der Waals surface area contributed by atoms with Crippen LogP contribution in [-0.4, -0.2) is 36.0 Å². The minimum absolute atomic E-state index is 0.0517. The summed E-state index contributed by atoms with van der Waals surface area (Å²) in [6.07, 6.45) is 4.19. The molecule has 0 saturated carbocycles. The van der Waals surface area contributed by atoms with E-state index in [0.29, 0.717) is 28.4 Å². The minimum atomic E-state index is -1.15. The summed E-state index contributed by atoms with van der Waals surface area (Å²) in [6, 6.07) is 17.8. The summed E-state index contributed by atoms with van der Waals surface area (Å²) in [5, 5.41) is 2.78. The van der Waals surface area contributed by atoms with E-state index < -0.39 is 23.7 Å². The smallest absolute Gasteiger partial charge is 0.279 e. The number of anilines is 2. The molecule has 0 radical (unpaired) electrons. The molecule has 4 aromatic rings. The Morgan fingerprint density at radius 2 is 1.64 bits per heavy atom. The third-order valence-electron chi connectivity index (χ3n) is 5.38. The molecular formula is C27H23FN4O4. The standard InChI is InChI=1S/C27H23FN4O4/c1-35-22-12-10-21(11-13-22)32(27(34)24-17-29-14-15-30-24)25(18-4-3-5-23(16-18)36-2)26(33)31-20-8-6-19(28)7-9-20/h3-17,25H,1-2H3,(H,31,33)/t25-/m0/s1. The van der Waals surface area contributed by atoms with Crippen LogP contribution >= 0.6 is 0 Å². The minimum Gasteiger partial charge on any atom is -0.497 e. The molecule has 1 atom stereocenters. The van der Waals surface area contributed by atoms with Gasteiger partial charge < -0.3 is 14.8 Å². The normalized spacial score (nSPS) is 11.3. The number of methoxy groups -OCH3 is 2. The van der Waals surface area contributed by atoms with E-state index in [4.69, 9.17) is 9.47 Å². The Morgan fingerprint density at radius 1 is 0.917 bits per heavy atom. The van der Waals surface area contributed by atoms with E-state index in [1.54, 1.807) is 48.5 Å². The first-order valence-corrected chi connectivity index (χ1v) is 10.9. The third kappa shape index (κ3) is 5.47. The molecule has 1 aromatic heterocycles. The molecule has 9 heteroatoms. The van der Waals surface area contributed by atoms with Crippen LogP contribution in [0.15, 0.2) is 91.4 Å². The summed E-state index contributed by atoms with van der Waals surface area (Å²) in [4.78, 5) is 37.1. The first-order chi connectivity index (χ1) is 17.5. The van der Waals surface area contributed by atoms with Crippen LogP contribution in [0, 0.1) is 5.82 Å². The van der Waals surface area contributed by atoms with E-state index in [2.05, 4.69) is 15.3 Å². The van der Waals surface area contributed by atoms with Crippen LogP contribution in [0.2, 0.25) is 0 Å². The zero-order valence-corrected chi connectivity index (χ0v) is 19.6. The molecule has 182 valence electrons. The van der Waals surface area contributed by atoms with E-state index in [-0.39, 0.29) is 5.69 Å². The van der Waals surface area contributed by atoms with Gasteiger partial charge in [0, 0.05) is 23.8 Å². The van der Waals surface area contributed by atoms with Gasteiger partial charge in [0.05, 0.1) is 20.4 Å². The van der Waals surface area contributed by atoms with Crippen LogP contribution in [-0.2, 0) is 4.79 Å². The maximum Gasteiger partial charge on any atom is 0.279 e. The van der Waals surface area contributed by atoms with Gasteiger partial charge in [0.2, 0.25) is 0 Å². The number of halogens is 1. The first-order valence-electron chi connectivity index (χ1n) is 10.9. The predicted molar refractivity (Wildman–Crippen MR) is 133 cm³/mol. The highest BCUT2D eigenvalue weighted by molar-refractivity contribution is 6.11. The lowest BCUT2D eigenvalue weighted by Gasteiger charge is -2.31. The second-order valence-corrected chi connectivity index (χ2v) is 7.64. The van der Waals surface area contributed by atoms with Crippen LogP contribution in [0.1, 0.15) is 22.1 Å². The molecule has 0 fully saturated rings. The number of nitrogens with zero attached hydrogens (tertiary/aromatic N) is 3. The van der Waals surface area contributed by atoms with Gasteiger partial charge in [-0.2, -0.15) is 0 Å². The van der Waals surface area contributed by atoms with E-state index in [1.807, 2.05) is 0 Å². The molecule has 0 saturated heterocycles. The molecule has 4 rings (SSSR count). The van der Waals surface area contributed by atoms with Gasteiger partial charge in [0.1, 0.15) is 29.1 Å². The lowest BCUT2D eigenvalue weighted by Crippen LogP contribution is -2.42. The molecule has 0 aliphatic carbocycles. The number of rotatable bonds is 8. The number of carbonyl (C=O) groups excluding carboxylic acids is 2. The fraction of sp³-hybridized carbons (Fsp3) is 0.111. The third-order valence-corrected chi connectivity index (χ3v) is 5.38. The zero-order valence-electron chi connectivity index (χ0n) is 19.6. The van der Waals surface area contributed by atoms with Crippen LogP contribution < -0.4 is 19.7 Å². The lowest BCUT2D eigenvalue weighted by molar-refractivity contribution is -0.117. The summed E-state index contributed by atoms with van der Waals surface area (Å²) in [6.45, 7) is 0. The van der Waals surface area contributed by atoms with Crippen molar-refractivity contribution < 1.29 is 23.5 Å². The van der Waals surface area contributed by atoms with Crippen LogP contribution in [0.25, 0.3) is 0 Å². The Kier molecular flexibility index (Phi) is 7.50. The number of nitrogens with one attached hydrogen (secondary N) is 1. The lowest BCUT2D eigenvalue weighted by atomic mass is 10.0. The van der Waals surface area contributed by atoms with Crippen molar-refractivity contribution in [2.75, 3.05) is 24.4 Å². The van der Waals surface area contributed by atoms with Gasteiger partial charge in [-0.05, 0) is 66.2 Å². The maximum absolute atomic E-state index is 13.8. The largest absolute Gasteiger partial charge is 0.497 e. The van der Waals surface area contributed by atoms with Crippen LogP contribution in [0.3, 0.4) is 0 Å². The molecule has 0 aliphatic rings. The zero-order chi connectivity index (χ0) is 25.5. The molecule has 0 spiro atoms. The summed E-state index contributed by atoms with van der Waals surface area (Å²) < 4.78 is 24.0. The number of hydrogen-bond donors (Lipinski definition) is 1. The SMILES string of the molecule is COc1ccc(N(C(=O)c2cnccn2)[C@H](C(=O)Nc2ccc(F)cc2)c2cccc(OC)c2)cc1. The summed E-state index contributed by atoms with van der Waals surface area (Å²) in [5.74, 6) is -0.415. The molecule has 36 heavy (non-hydrogen) atoms. The highest BCUT2D eigenvalue weighted by atomic mass is 19.1. The van der Waals surface area contributed by atoms with Crippen LogP contribution in [0.5, 0.6) is 11.5 Å². The van der Waals surface area contributed by atoms with Crippen molar-refractivity contribution in [3.63, 3.8) is 0 Å². The fourth-order valence-corrected chi connectivity index (χ4v) is 3.63. The van der Waals surface area contributed by atoms with Crippen molar-refractivity contribution in [2.45, 2.75) is 6.04 Å². The van der Waals surface area contributed by atoms with Crippen LogP contribution in [0.4, 0.5) is 15.8 Å². The van der Waals surface area contributed by atoms with Crippen molar-refractivity contribution >= 4 is 23.2 Å². The monoisotopic (exact) mass is 486 g/mol. The number of aromatic nitrogens is 2. The molecular weight excluding hydrogens is 463 g/mol. The number of benzene rings is 3. The van der Waals surface area contributed by atoms with Gasteiger partial charge in [-0.25, -0.2) is 9.37 Å². The van der Waals surface area contributed by atoms with Gasteiger partial charge >= 0.3 is 0 Å². The predicted octanol–water partition coefficient (Wildman–Crippen LogP) is 4.66. The van der Waals surface area contributed by atoms with Gasteiger partial charge in [-0.15, -0.1) is 0 Å². The average Bonchev–Trinajstić information content (AvgIpc) is 2.93.